The van der Waals surface area contributed by atoms with Crippen LogP contribution in [0.2, 0.25) is 0 Å². The molecule has 3 aromatic rings. The van der Waals surface area contributed by atoms with E-state index in [9.17, 15) is 10.1 Å². The number of carbonyl (C=O) groups is 1. The molecule has 2 aromatic carbocycles. The minimum Gasteiger partial charge on any atom is -0.493 e. The molecule has 8 nitrogen and oxygen atoms in total. The summed E-state index contributed by atoms with van der Waals surface area (Å²) in [5.41, 5.74) is 3.41. The Morgan fingerprint density at radius 1 is 1.16 bits per heavy atom. The van der Waals surface area contributed by atoms with Gasteiger partial charge in [0, 0.05) is 10.9 Å². The Hall–Kier alpha value is -3.77. The van der Waals surface area contributed by atoms with E-state index < -0.39 is 11.9 Å². The van der Waals surface area contributed by atoms with Gasteiger partial charge in [0.1, 0.15) is 18.4 Å². The van der Waals surface area contributed by atoms with Crippen LogP contribution in [0.3, 0.4) is 0 Å². The van der Waals surface area contributed by atoms with E-state index in [0.717, 1.165) is 5.69 Å². The van der Waals surface area contributed by atoms with Gasteiger partial charge in [-0.25, -0.2) is 4.98 Å². The lowest BCUT2D eigenvalue weighted by Gasteiger charge is -2.17. The summed E-state index contributed by atoms with van der Waals surface area (Å²) in [6.45, 7) is 0.306. The SMILES string of the molecule is COc1cc(C(C#N)NC(=O)c2cccc(OCc3cscn3)c2)cc(OC)c1OC. The van der Waals surface area contributed by atoms with E-state index in [1.165, 1.54) is 32.7 Å². The molecule has 31 heavy (non-hydrogen) atoms. The fraction of sp³-hybridized carbons (Fsp3) is 0.227. The second-order valence-corrected chi connectivity index (χ2v) is 7.01. The standard InChI is InChI=1S/C22H21N3O5S/c1-27-19-8-15(9-20(28-2)21(19)29-3)18(10-23)25-22(26)14-5-4-6-17(7-14)30-11-16-12-31-13-24-16/h4-9,12-13,18H,11H2,1-3H3,(H,25,26). The number of hydrogen-bond donors (Lipinski definition) is 1. The highest BCUT2D eigenvalue weighted by Crippen LogP contribution is 2.39. The third-order valence-electron chi connectivity index (χ3n) is 4.39. The highest BCUT2D eigenvalue weighted by atomic mass is 32.1. The molecule has 1 unspecified atom stereocenters. The Morgan fingerprint density at radius 2 is 1.90 bits per heavy atom. The first-order chi connectivity index (χ1) is 15.1. The van der Waals surface area contributed by atoms with E-state index in [0.29, 0.717) is 40.7 Å². The van der Waals surface area contributed by atoms with Gasteiger partial charge < -0.3 is 24.3 Å². The predicted octanol–water partition coefficient (Wildman–Crippen LogP) is 3.74. The van der Waals surface area contributed by atoms with Gasteiger partial charge in [-0.1, -0.05) is 6.07 Å². The minimum absolute atomic E-state index is 0.306. The molecule has 0 fully saturated rings. The van der Waals surface area contributed by atoms with Crippen molar-refractivity contribution >= 4 is 17.2 Å². The van der Waals surface area contributed by atoms with Gasteiger partial charge in [0.25, 0.3) is 5.91 Å². The second kappa shape index (κ2) is 10.3. The Bertz CT molecular complexity index is 1050. The maximum absolute atomic E-state index is 12.8. The fourth-order valence-corrected chi connectivity index (χ4v) is 3.41. The van der Waals surface area contributed by atoms with Crippen LogP contribution in [0.25, 0.3) is 0 Å². The van der Waals surface area contributed by atoms with E-state index in [-0.39, 0.29) is 0 Å². The lowest BCUT2D eigenvalue weighted by molar-refractivity contribution is 0.0944. The van der Waals surface area contributed by atoms with Crippen LogP contribution in [0, 0.1) is 11.3 Å². The lowest BCUT2D eigenvalue weighted by Crippen LogP contribution is -2.27. The average molecular weight is 439 g/mol. The molecule has 0 aliphatic carbocycles. The number of nitrogens with one attached hydrogen (secondary N) is 1. The Kier molecular flexibility index (Phi) is 7.30. The van der Waals surface area contributed by atoms with Crippen molar-refractivity contribution in [2.24, 2.45) is 0 Å². The quantitative estimate of drug-likeness (QED) is 0.542. The van der Waals surface area contributed by atoms with Gasteiger partial charge >= 0.3 is 0 Å². The van der Waals surface area contributed by atoms with E-state index in [2.05, 4.69) is 16.4 Å². The Labute approximate surface area is 184 Å². The highest BCUT2D eigenvalue weighted by molar-refractivity contribution is 7.07. The van der Waals surface area contributed by atoms with Crippen LogP contribution < -0.4 is 24.3 Å². The molecular formula is C22H21N3O5S. The molecule has 0 spiro atoms. The largest absolute Gasteiger partial charge is 0.493 e. The van der Waals surface area contributed by atoms with Gasteiger partial charge in [-0.05, 0) is 35.9 Å². The lowest BCUT2D eigenvalue weighted by atomic mass is 10.1. The molecule has 0 saturated heterocycles. The highest BCUT2D eigenvalue weighted by Gasteiger charge is 2.21. The number of aromatic nitrogens is 1. The monoisotopic (exact) mass is 439 g/mol. The summed E-state index contributed by atoms with van der Waals surface area (Å²) in [7, 11) is 4.46. The molecule has 1 aromatic heterocycles. The normalized spacial score (nSPS) is 11.2. The van der Waals surface area contributed by atoms with Crippen molar-refractivity contribution in [3.05, 3.63) is 64.1 Å². The minimum atomic E-state index is -0.930. The van der Waals surface area contributed by atoms with Gasteiger partial charge in [-0.2, -0.15) is 5.26 Å². The zero-order chi connectivity index (χ0) is 22.2. The molecule has 0 aliphatic heterocycles. The number of carbonyl (C=O) groups excluding carboxylic acids is 1. The van der Waals surface area contributed by atoms with Crippen molar-refractivity contribution in [3.63, 3.8) is 0 Å². The van der Waals surface area contributed by atoms with Crippen LogP contribution in [0.5, 0.6) is 23.0 Å². The van der Waals surface area contributed by atoms with E-state index in [1.807, 2.05) is 5.38 Å². The van der Waals surface area contributed by atoms with Gasteiger partial charge in [0.05, 0.1) is 38.6 Å². The van der Waals surface area contributed by atoms with Crippen molar-refractivity contribution < 1.29 is 23.7 Å². The zero-order valence-corrected chi connectivity index (χ0v) is 18.1. The van der Waals surface area contributed by atoms with Crippen molar-refractivity contribution in [3.8, 4) is 29.1 Å². The number of nitrogens with zero attached hydrogens (tertiary/aromatic N) is 2. The molecule has 1 heterocycles. The van der Waals surface area contributed by atoms with Crippen molar-refractivity contribution in [2.75, 3.05) is 21.3 Å². The first-order valence-corrected chi connectivity index (χ1v) is 10.1. The number of nitriles is 1. The molecule has 9 heteroatoms. The number of thiazole rings is 1. The van der Waals surface area contributed by atoms with Crippen molar-refractivity contribution in [2.45, 2.75) is 12.6 Å². The molecule has 3 rings (SSSR count). The molecular weight excluding hydrogens is 418 g/mol. The molecule has 0 radical (unpaired) electrons. The molecule has 1 atom stereocenters. The second-order valence-electron chi connectivity index (χ2n) is 6.29. The Balaban J connectivity index is 1.77. The summed E-state index contributed by atoms with van der Waals surface area (Å²) >= 11 is 1.49. The maximum atomic E-state index is 12.8. The maximum Gasteiger partial charge on any atom is 0.252 e. The summed E-state index contributed by atoms with van der Waals surface area (Å²) in [6, 6.07) is 11.2. The molecule has 1 N–H and O–H groups in total. The van der Waals surface area contributed by atoms with E-state index >= 15 is 0 Å². The number of amides is 1. The number of benzene rings is 2. The van der Waals surface area contributed by atoms with Crippen LogP contribution >= 0.6 is 11.3 Å². The van der Waals surface area contributed by atoms with Crippen LogP contribution in [0.1, 0.15) is 27.7 Å². The number of ether oxygens (including phenoxy) is 4. The summed E-state index contributed by atoms with van der Waals surface area (Å²) < 4.78 is 21.7. The summed E-state index contributed by atoms with van der Waals surface area (Å²) in [5, 5.41) is 14.3. The summed E-state index contributed by atoms with van der Waals surface area (Å²) in [4.78, 5) is 17.0. The van der Waals surface area contributed by atoms with Crippen LogP contribution in [-0.4, -0.2) is 32.2 Å². The van der Waals surface area contributed by atoms with Crippen LogP contribution in [0.15, 0.2) is 47.3 Å². The molecule has 0 saturated carbocycles. The van der Waals surface area contributed by atoms with Gasteiger partial charge in [0.15, 0.2) is 11.5 Å². The smallest absolute Gasteiger partial charge is 0.252 e. The predicted molar refractivity (Wildman–Crippen MR) is 115 cm³/mol. The third-order valence-corrected chi connectivity index (χ3v) is 5.03. The van der Waals surface area contributed by atoms with Crippen molar-refractivity contribution in [1.29, 1.82) is 5.26 Å². The summed E-state index contributed by atoms with van der Waals surface area (Å²) in [5.74, 6) is 1.30. The van der Waals surface area contributed by atoms with E-state index in [4.69, 9.17) is 18.9 Å². The van der Waals surface area contributed by atoms with Gasteiger partial charge in [-0.3, -0.25) is 4.79 Å². The first-order valence-electron chi connectivity index (χ1n) is 9.20. The van der Waals surface area contributed by atoms with Crippen LogP contribution in [-0.2, 0) is 6.61 Å². The van der Waals surface area contributed by atoms with Crippen molar-refractivity contribution in [1.82, 2.24) is 10.3 Å². The number of rotatable bonds is 9. The fourth-order valence-electron chi connectivity index (χ4n) is 2.87. The first kappa shape index (κ1) is 21.9. The van der Waals surface area contributed by atoms with Crippen LogP contribution in [0.4, 0.5) is 0 Å². The number of hydrogen-bond acceptors (Lipinski definition) is 8. The molecule has 0 bridgehead atoms. The zero-order valence-electron chi connectivity index (χ0n) is 17.2. The molecule has 1 amide bonds. The van der Waals surface area contributed by atoms with E-state index in [1.54, 1.807) is 41.9 Å². The Morgan fingerprint density at radius 3 is 2.48 bits per heavy atom. The third kappa shape index (κ3) is 5.24. The molecule has 160 valence electrons. The molecule has 0 aliphatic rings. The average Bonchev–Trinajstić information content (AvgIpc) is 3.34. The topological polar surface area (TPSA) is 103 Å². The van der Waals surface area contributed by atoms with Gasteiger partial charge in [0.2, 0.25) is 5.75 Å². The van der Waals surface area contributed by atoms with Gasteiger partial charge in [-0.15, -0.1) is 11.3 Å². The summed E-state index contributed by atoms with van der Waals surface area (Å²) in [6.07, 6.45) is 0. The number of methoxy groups -OCH3 is 3.